The first-order valence-electron chi connectivity index (χ1n) is 5.65. The Balaban J connectivity index is 2.42. The molecule has 0 radical (unpaired) electrons. The first-order valence-corrected chi connectivity index (χ1v) is 6.09. The van der Waals surface area contributed by atoms with E-state index in [0.29, 0.717) is 26.1 Å². The third-order valence-corrected chi connectivity index (χ3v) is 3.60. The Kier molecular flexibility index (Phi) is 3.74. The molecule has 1 heterocycles. The molecule has 0 aliphatic carbocycles. The Labute approximate surface area is 107 Å². The molecule has 1 aliphatic rings. The fraction of sp³-hybridized carbons (Fsp3) is 0.462. The van der Waals surface area contributed by atoms with Gasteiger partial charge < -0.3 is 9.47 Å². The highest BCUT2D eigenvalue weighted by molar-refractivity contribution is 7.80. The maximum Gasteiger partial charge on any atom is 0.316 e. The van der Waals surface area contributed by atoms with Crippen LogP contribution in [0.2, 0.25) is 0 Å². The number of thiol groups is 1. The molecule has 0 N–H and O–H groups in total. The van der Waals surface area contributed by atoms with Crippen LogP contribution in [0.5, 0.6) is 0 Å². The van der Waals surface area contributed by atoms with Crippen LogP contribution in [-0.4, -0.2) is 26.3 Å². The van der Waals surface area contributed by atoms with Crippen LogP contribution in [-0.2, 0) is 19.7 Å². The second kappa shape index (κ2) is 5.10. The highest BCUT2D eigenvalue weighted by Gasteiger charge is 2.42. The first-order chi connectivity index (χ1) is 8.19. The minimum absolute atomic E-state index is 0.181. The lowest BCUT2D eigenvalue weighted by Gasteiger charge is -2.34. The van der Waals surface area contributed by atoms with Crippen molar-refractivity contribution in [3.8, 4) is 0 Å². The highest BCUT2D eigenvalue weighted by atomic mass is 32.1. The molecule has 0 bridgehead atoms. The van der Waals surface area contributed by atoms with Crippen molar-refractivity contribution in [3.63, 3.8) is 0 Å². The molecule has 1 aromatic rings. The predicted octanol–water partition coefficient (Wildman–Crippen LogP) is 2.20. The average molecular weight is 252 g/mol. The zero-order valence-corrected chi connectivity index (χ0v) is 10.7. The van der Waals surface area contributed by atoms with E-state index in [1.54, 1.807) is 0 Å². The summed E-state index contributed by atoms with van der Waals surface area (Å²) < 4.78 is 10.3. The van der Waals surface area contributed by atoms with Gasteiger partial charge in [0.25, 0.3) is 0 Å². The number of methoxy groups -OCH3 is 1. The predicted molar refractivity (Wildman–Crippen MR) is 67.4 cm³/mol. The van der Waals surface area contributed by atoms with Gasteiger partial charge in [0.05, 0.1) is 12.5 Å². The summed E-state index contributed by atoms with van der Waals surface area (Å²) in [6.07, 6.45) is 1.33. The molecule has 0 saturated carbocycles. The molecule has 1 aromatic carbocycles. The Morgan fingerprint density at radius 3 is 2.71 bits per heavy atom. The summed E-state index contributed by atoms with van der Waals surface area (Å²) in [7, 11) is 1.43. The smallest absolute Gasteiger partial charge is 0.316 e. The van der Waals surface area contributed by atoms with E-state index in [2.05, 4.69) is 12.6 Å². The van der Waals surface area contributed by atoms with Crippen LogP contribution in [0.1, 0.15) is 18.4 Å². The number of esters is 1. The molecule has 1 aliphatic heterocycles. The molecule has 0 unspecified atom stereocenters. The van der Waals surface area contributed by atoms with Crippen LogP contribution in [0, 0.1) is 0 Å². The van der Waals surface area contributed by atoms with Gasteiger partial charge in [-0.1, -0.05) is 12.1 Å². The minimum Gasteiger partial charge on any atom is -0.468 e. The van der Waals surface area contributed by atoms with Crippen molar-refractivity contribution >= 4 is 18.6 Å². The summed E-state index contributed by atoms with van der Waals surface area (Å²) >= 11 is 4.33. The van der Waals surface area contributed by atoms with Crippen molar-refractivity contribution in [3.05, 3.63) is 29.8 Å². The van der Waals surface area contributed by atoms with E-state index in [1.807, 2.05) is 24.3 Å². The molecule has 4 heteroatoms. The fourth-order valence-corrected chi connectivity index (χ4v) is 2.55. The molecule has 0 atom stereocenters. The van der Waals surface area contributed by atoms with E-state index in [9.17, 15) is 4.79 Å². The van der Waals surface area contributed by atoms with Crippen molar-refractivity contribution in [2.75, 3.05) is 20.3 Å². The lowest BCUT2D eigenvalue weighted by atomic mass is 9.74. The van der Waals surface area contributed by atoms with Crippen LogP contribution in [0.15, 0.2) is 29.2 Å². The maximum atomic E-state index is 12.1. The standard InChI is InChI=1S/C13H16O3S/c1-15-12(14)13(5-7-16-8-6-13)10-3-2-4-11(17)9-10/h2-4,9,17H,5-8H2,1H3. The molecule has 0 amide bonds. The molecule has 0 aromatic heterocycles. The SMILES string of the molecule is COC(=O)C1(c2cccc(S)c2)CCOCC1. The monoisotopic (exact) mass is 252 g/mol. The van der Waals surface area contributed by atoms with Gasteiger partial charge in [-0.3, -0.25) is 4.79 Å². The summed E-state index contributed by atoms with van der Waals surface area (Å²) in [4.78, 5) is 13.0. The van der Waals surface area contributed by atoms with Gasteiger partial charge >= 0.3 is 5.97 Å². The summed E-state index contributed by atoms with van der Waals surface area (Å²) in [6, 6.07) is 7.71. The molecular formula is C13H16O3S. The van der Waals surface area contributed by atoms with Crippen molar-refractivity contribution in [1.82, 2.24) is 0 Å². The van der Waals surface area contributed by atoms with Crippen molar-refractivity contribution < 1.29 is 14.3 Å². The maximum absolute atomic E-state index is 12.1. The van der Waals surface area contributed by atoms with Gasteiger partial charge in [-0.2, -0.15) is 0 Å². The van der Waals surface area contributed by atoms with E-state index in [0.717, 1.165) is 10.5 Å². The van der Waals surface area contributed by atoms with Crippen LogP contribution >= 0.6 is 12.6 Å². The third-order valence-electron chi connectivity index (χ3n) is 3.32. The lowest BCUT2D eigenvalue weighted by molar-refractivity contribution is -0.151. The summed E-state index contributed by atoms with van der Waals surface area (Å²) in [5, 5.41) is 0. The van der Waals surface area contributed by atoms with E-state index >= 15 is 0 Å². The number of carbonyl (C=O) groups is 1. The van der Waals surface area contributed by atoms with Crippen molar-refractivity contribution in [2.45, 2.75) is 23.2 Å². The summed E-state index contributed by atoms with van der Waals surface area (Å²) in [6.45, 7) is 1.18. The number of benzene rings is 1. The number of rotatable bonds is 2. The van der Waals surface area contributed by atoms with Gasteiger partial charge in [0, 0.05) is 18.1 Å². The molecule has 3 nitrogen and oxygen atoms in total. The topological polar surface area (TPSA) is 35.5 Å². The number of carbonyl (C=O) groups excluding carboxylic acids is 1. The summed E-state index contributed by atoms with van der Waals surface area (Å²) in [5.41, 5.74) is 0.409. The normalized spacial score (nSPS) is 18.7. The van der Waals surface area contributed by atoms with Gasteiger partial charge in [-0.05, 0) is 30.5 Å². The summed E-state index contributed by atoms with van der Waals surface area (Å²) in [5.74, 6) is -0.181. The minimum atomic E-state index is -0.564. The van der Waals surface area contributed by atoms with Gasteiger partial charge in [0.2, 0.25) is 0 Å². The van der Waals surface area contributed by atoms with Crippen LogP contribution < -0.4 is 0 Å². The van der Waals surface area contributed by atoms with Gasteiger partial charge in [-0.15, -0.1) is 12.6 Å². The van der Waals surface area contributed by atoms with Gasteiger partial charge in [0.15, 0.2) is 0 Å². The molecular weight excluding hydrogens is 236 g/mol. The third kappa shape index (κ3) is 2.33. The molecule has 17 heavy (non-hydrogen) atoms. The molecule has 1 fully saturated rings. The van der Waals surface area contributed by atoms with E-state index < -0.39 is 5.41 Å². The zero-order chi connectivity index (χ0) is 12.3. The van der Waals surface area contributed by atoms with E-state index in [-0.39, 0.29) is 5.97 Å². The lowest BCUT2D eigenvalue weighted by Crippen LogP contribution is -2.42. The Morgan fingerprint density at radius 2 is 2.12 bits per heavy atom. The van der Waals surface area contributed by atoms with E-state index in [4.69, 9.17) is 9.47 Å². The molecule has 1 saturated heterocycles. The fourth-order valence-electron chi connectivity index (χ4n) is 2.33. The zero-order valence-electron chi connectivity index (χ0n) is 9.81. The van der Waals surface area contributed by atoms with Gasteiger partial charge in [-0.25, -0.2) is 0 Å². The number of hydrogen-bond donors (Lipinski definition) is 1. The van der Waals surface area contributed by atoms with Crippen LogP contribution in [0.3, 0.4) is 0 Å². The second-order valence-corrected chi connectivity index (χ2v) is 4.75. The largest absolute Gasteiger partial charge is 0.468 e. The number of hydrogen-bond acceptors (Lipinski definition) is 4. The van der Waals surface area contributed by atoms with Crippen LogP contribution in [0.25, 0.3) is 0 Å². The van der Waals surface area contributed by atoms with Crippen molar-refractivity contribution in [1.29, 1.82) is 0 Å². The van der Waals surface area contributed by atoms with E-state index in [1.165, 1.54) is 7.11 Å². The van der Waals surface area contributed by atoms with Crippen molar-refractivity contribution in [2.24, 2.45) is 0 Å². The average Bonchev–Trinajstić information content (AvgIpc) is 2.38. The Bertz CT molecular complexity index is 411. The highest BCUT2D eigenvalue weighted by Crippen LogP contribution is 2.36. The molecule has 92 valence electrons. The Hall–Kier alpha value is -1.00. The van der Waals surface area contributed by atoms with Gasteiger partial charge in [0.1, 0.15) is 0 Å². The second-order valence-electron chi connectivity index (χ2n) is 4.24. The first kappa shape index (κ1) is 12.5. The molecule has 2 rings (SSSR count). The Morgan fingerprint density at radius 1 is 1.41 bits per heavy atom. The number of ether oxygens (including phenoxy) is 2. The molecule has 0 spiro atoms. The van der Waals surface area contributed by atoms with Crippen LogP contribution in [0.4, 0.5) is 0 Å². The quantitative estimate of drug-likeness (QED) is 0.647.